The van der Waals surface area contributed by atoms with E-state index < -0.39 is 29.7 Å². The number of anilines is 2. The summed E-state index contributed by atoms with van der Waals surface area (Å²) in [6, 6.07) is 9.05. The van der Waals surface area contributed by atoms with Gasteiger partial charge in [0.1, 0.15) is 33.9 Å². The first-order valence-electron chi connectivity index (χ1n) is 21.6. The third kappa shape index (κ3) is 9.88. The van der Waals surface area contributed by atoms with Crippen molar-refractivity contribution >= 4 is 63.5 Å². The second kappa shape index (κ2) is 20.1. The zero-order valence-electron chi connectivity index (χ0n) is 37.5. The number of fused-ring (bicyclic) bond motifs is 1. The third-order valence-electron chi connectivity index (χ3n) is 11.0. The molecule has 0 saturated carbocycles. The molecule has 5 heterocycles. The minimum Gasteiger partial charge on any atom is -0.491 e. The number of ether oxygens (including phenoxy) is 2. The lowest BCUT2D eigenvalue weighted by atomic mass is 10.1. The zero-order valence-corrected chi connectivity index (χ0v) is 37.5. The number of imidazole rings is 2. The largest absolute Gasteiger partial charge is 0.491 e. The SMILES string of the molecule is CCn1nc(C)cc1C(=O)Nc1nc2cc(C(N)=O)cc(OCCCN(C)C(=O)CNCCO)c2n1C/C=C/[C@H]1CCOc2cc(C(N)=O)cc3nc(NC(=O)c4cc(C)nn4CC)n1c23. The lowest BCUT2D eigenvalue weighted by molar-refractivity contribution is -0.129. The summed E-state index contributed by atoms with van der Waals surface area (Å²) in [7, 11) is 1.67. The quantitative estimate of drug-likeness (QED) is 0.0475. The second-order valence-corrected chi connectivity index (χ2v) is 15.7. The van der Waals surface area contributed by atoms with Crippen LogP contribution >= 0.6 is 0 Å². The molecule has 0 radical (unpaired) electrons. The highest BCUT2D eigenvalue weighted by Crippen LogP contribution is 2.38. The maximum absolute atomic E-state index is 13.9. The van der Waals surface area contributed by atoms with Crippen LogP contribution < -0.4 is 36.9 Å². The summed E-state index contributed by atoms with van der Waals surface area (Å²) in [5, 5.41) is 26.7. The fourth-order valence-corrected chi connectivity index (χ4v) is 7.83. The van der Waals surface area contributed by atoms with Gasteiger partial charge in [-0.15, -0.1) is 0 Å². The first kappa shape index (κ1) is 46.4. The molecule has 0 spiro atoms. The van der Waals surface area contributed by atoms with Gasteiger partial charge in [0.05, 0.1) is 54.8 Å². The highest BCUT2D eigenvalue weighted by molar-refractivity contribution is 6.05. The number of benzene rings is 2. The number of likely N-dealkylation sites (N-methyl/N-ethyl adjacent to an activating group) is 1. The molecular formula is C44H54N14O8. The van der Waals surface area contributed by atoms with Crippen LogP contribution in [-0.2, 0) is 24.4 Å². The molecule has 1 aliphatic rings. The predicted octanol–water partition coefficient (Wildman–Crippen LogP) is 2.53. The van der Waals surface area contributed by atoms with Gasteiger partial charge in [0.2, 0.25) is 29.6 Å². The maximum Gasteiger partial charge on any atom is 0.276 e. The molecule has 66 heavy (non-hydrogen) atoms. The van der Waals surface area contributed by atoms with Gasteiger partial charge in [0, 0.05) is 57.3 Å². The molecule has 2 aromatic carbocycles. The second-order valence-electron chi connectivity index (χ2n) is 15.7. The predicted molar refractivity (Wildman–Crippen MR) is 244 cm³/mol. The summed E-state index contributed by atoms with van der Waals surface area (Å²) in [5.74, 6) is -1.47. The van der Waals surface area contributed by atoms with Crippen molar-refractivity contribution in [2.75, 3.05) is 57.1 Å². The summed E-state index contributed by atoms with van der Waals surface area (Å²) in [5.41, 5.74) is 15.5. The lowest BCUT2D eigenvalue weighted by Gasteiger charge is -2.18. The molecule has 6 aromatic rings. The van der Waals surface area contributed by atoms with E-state index in [9.17, 15) is 24.0 Å². The van der Waals surface area contributed by atoms with E-state index in [4.69, 9.17) is 36.0 Å². The number of nitrogens with two attached hydrogens (primary N) is 2. The minimum atomic E-state index is -0.715. The number of rotatable bonds is 20. The van der Waals surface area contributed by atoms with Crippen molar-refractivity contribution in [3.05, 3.63) is 82.5 Å². The van der Waals surface area contributed by atoms with Gasteiger partial charge in [-0.2, -0.15) is 10.2 Å². The van der Waals surface area contributed by atoms with Gasteiger partial charge in [-0.05, 0) is 70.5 Å². The number of carbonyl (C=O) groups is 5. The molecule has 0 fully saturated rings. The topological polar surface area (TPSA) is 287 Å². The minimum absolute atomic E-state index is 0.0718. The van der Waals surface area contributed by atoms with E-state index in [2.05, 4.69) is 26.1 Å². The smallest absolute Gasteiger partial charge is 0.276 e. The number of carbonyl (C=O) groups excluding carboxylic acids is 5. The van der Waals surface area contributed by atoms with Gasteiger partial charge in [0.15, 0.2) is 0 Å². The van der Waals surface area contributed by atoms with Gasteiger partial charge >= 0.3 is 0 Å². The molecule has 1 atom stereocenters. The molecule has 0 bridgehead atoms. The van der Waals surface area contributed by atoms with E-state index in [1.165, 1.54) is 12.1 Å². The Morgan fingerprint density at radius 1 is 0.879 bits per heavy atom. The molecule has 0 unspecified atom stereocenters. The number of nitrogens with one attached hydrogen (secondary N) is 3. The Morgan fingerprint density at radius 2 is 1.48 bits per heavy atom. The van der Waals surface area contributed by atoms with Crippen LogP contribution in [0.15, 0.2) is 48.6 Å². The molecule has 22 heteroatoms. The number of aromatic nitrogens is 8. The van der Waals surface area contributed by atoms with E-state index >= 15 is 0 Å². The first-order chi connectivity index (χ1) is 31.7. The number of nitrogens with zero attached hydrogens (tertiary/aromatic N) is 9. The van der Waals surface area contributed by atoms with E-state index in [1.54, 1.807) is 64.0 Å². The van der Waals surface area contributed by atoms with Crippen LogP contribution in [0.2, 0.25) is 0 Å². The van der Waals surface area contributed by atoms with E-state index in [-0.39, 0.29) is 67.6 Å². The molecule has 1 aliphatic heterocycles. The average molecular weight is 907 g/mol. The molecule has 22 nitrogen and oxygen atoms in total. The Hall–Kier alpha value is -7.59. The number of amides is 5. The number of hydrogen-bond acceptors (Lipinski definition) is 13. The Labute approximate surface area is 378 Å². The van der Waals surface area contributed by atoms with Gasteiger partial charge in [-0.25, -0.2) is 9.97 Å². The lowest BCUT2D eigenvalue weighted by Crippen LogP contribution is -2.37. The number of aliphatic hydroxyl groups is 1. The molecule has 0 saturated heterocycles. The third-order valence-corrected chi connectivity index (χ3v) is 11.0. The highest BCUT2D eigenvalue weighted by Gasteiger charge is 2.28. The van der Waals surface area contributed by atoms with Crippen LogP contribution in [0.25, 0.3) is 22.1 Å². The van der Waals surface area contributed by atoms with Crippen LogP contribution in [0.4, 0.5) is 11.9 Å². The summed E-state index contributed by atoms with van der Waals surface area (Å²) in [4.78, 5) is 76.3. The van der Waals surface area contributed by atoms with Crippen LogP contribution in [0, 0.1) is 13.8 Å². The molecule has 7 rings (SSSR count). The fraction of sp³-hybridized carbons (Fsp3) is 0.386. The first-order valence-corrected chi connectivity index (χ1v) is 21.6. The van der Waals surface area contributed by atoms with Crippen LogP contribution in [-0.4, -0.2) is 125 Å². The summed E-state index contributed by atoms with van der Waals surface area (Å²) in [6.45, 7) is 9.38. The van der Waals surface area contributed by atoms with Crippen molar-refractivity contribution in [2.24, 2.45) is 11.5 Å². The van der Waals surface area contributed by atoms with E-state index in [1.807, 2.05) is 30.6 Å². The average Bonchev–Trinajstić information content (AvgIpc) is 4.03. The normalized spacial score (nSPS) is 13.5. The van der Waals surface area contributed by atoms with E-state index in [0.717, 1.165) is 0 Å². The summed E-state index contributed by atoms with van der Waals surface area (Å²) >= 11 is 0. The number of allylic oxidation sites excluding steroid dienone is 2. The molecule has 5 amide bonds. The fourth-order valence-electron chi connectivity index (χ4n) is 7.83. The van der Waals surface area contributed by atoms with Crippen molar-refractivity contribution in [3.8, 4) is 11.5 Å². The Morgan fingerprint density at radius 3 is 2.11 bits per heavy atom. The van der Waals surface area contributed by atoms with Crippen LogP contribution in [0.5, 0.6) is 11.5 Å². The number of hydrogen-bond donors (Lipinski definition) is 6. The molecule has 0 aliphatic carbocycles. The molecule has 4 aromatic heterocycles. The summed E-state index contributed by atoms with van der Waals surface area (Å²) in [6.07, 6.45) is 4.63. The van der Waals surface area contributed by atoms with Crippen LogP contribution in [0.1, 0.15) is 85.8 Å². The molecule has 348 valence electrons. The Balaban J connectivity index is 1.26. The standard InChI is InChI=1S/C44H54N14O8/c1-6-56-32(18-25(3)52-56)41(63)50-43-48-30-20-27(39(45)61)22-34(65-16-9-13-54(5)36(60)24-47-12-15-59)37(30)55(43)14-8-10-29-11-17-66-35-23-28(40(46)62)21-31-38(35)58(29)44(49-31)51-42(64)33-19-26(4)53-57(33)7-2/h8,10,18-23,29,47,59H,6-7,9,11-17,24H2,1-5H3,(H2,45,61)(H2,46,62)(H,48,50,63)(H,49,51,64)/b10-8+/t29-/m0/s1. The van der Waals surface area contributed by atoms with Gasteiger partial charge in [-0.1, -0.05) is 12.2 Å². The van der Waals surface area contributed by atoms with Crippen molar-refractivity contribution in [3.63, 3.8) is 0 Å². The van der Waals surface area contributed by atoms with Gasteiger partial charge in [-0.3, -0.25) is 48.5 Å². The van der Waals surface area contributed by atoms with Gasteiger partial charge < -0.3 is 40.8 Å². The number of aryl methyl sites for hydroxylation is 4. The monoisotopic (exact) mass is 906 g/mol. The maximum atomic E-state index is 13.9. The van der Waals surface area contributed by atoms with Gasteiger partial charge in [0.25, 0.3) is 11.8 Å². The molecular weight excluding hydrogens is 853 g/mol. The number of primary amides is 2. The zero-order chi connectivity index (χ0) is 47.2. The van der Waals surface area contributed by atoms with Crippen molar-refractivity contribution in [2.45, 2.75) is 66.2 Å². The molecule has 8 N–H and O–H groups in total. The number of aliphatic hydroxyl groups excluding tert-OH is 1. The van der Waals surface area contributed by atoms with E-state index in [0.29, 0.717) is 89.6 Å². The highest BCUT2D eigenvalue weighted by atomic mass is 16.5. The van der Waals surface area contributed by atoms with Crippen molar-refractivity contribution < 1.29 is 38.6 Å². The van der Waals surface area contributed by atoms with Crippen molar-refractivity contribution in [1.29, 1.82) is 0 Å². The summed E-state index contributed by atoms with van der Waals surface area (Å²) < 4.78 is 19.3. The van der Waals surface area contributed by atoms with Crippen LogP contribution in [0.3, 0.4) is 0 Å². The van der Waals surface area contributed by atoms with Crippen molar-refractivity contribution in [1.82, 2.24) is 48.9 Å². The Kier molecular flexibility index (Phi) is 14.1. The Bertz CT molecular complexity index is 2850.